The second kappa shape index (κ2) is 5.58. The van der Waals surface area contributed by atoms with Gasteiger partial charge in [0.05, 0.1) is 0 Å². The minimum Gasteiger partial charge on any atom is -0.300 e. The largest absolute Gasteiger partial charge is 0.300 e. The van der Waals surface area contributed by atoms with Gasteiger partial charge in [-0.25, -0.2) is 0 Å². The first-order valence-corrected chi connectivity index (χ1v) is 5.62. The predicted octanol–water partition coefficient (Wildman–Crippen LogP) is 3.05. The second-order valence-corrected chi connectivity index (χ2v) is 3.97. The molecular weight excluding hydrogens is 146 g/mol. The summed E-state index contributed by atoms with van der Waals surface area (Å²) in [5.41, 5.74) is 0. The third-order valence-electron chi connectivity index (χ3n) is 2.92. The van der Waals surface area contributed by atoms with E-state index in [-0.39, 0.29) is 0 Å². The molecule has 0 bridgehead atoms. The molecule has 1 saturated heterocycles. The van der Waals surface area contributed by atoms with Gasteiger partial charge in [0.2, 0.25) is 0 Å². The first kappa shape index (κ1) is 10.0. The van der Waals surface area contributed by atoms with Gasteiger partial charge in [-0.05, 0) is 38.8 Å². The summed E-state index contributed by atoms with van der Waals surface area (Å²) in [4.78, 5) is 2.70. The van der Waals surface area contributed by atoms with E-state index in [0.717, 1.165) is 6.04 Å². The van der Waals surface area contributed by atoms with Gasteiger partial charge in [-0.3, -0.25) is 0 Å². The number of rotatable bonds is 5. The Hall–Kier alpha value is -0.0400. The average Bonchev–Trinajstić information content (AvgIpc) is 2.50. The number of nitrogens with zero attached hydrogens (tertiary/aromatic N) is 1. The summed E-state index contributed by atoms with van der Waals surface area (Å²) in [7, 11) is 0. The van der Waals surface area contributed by atoms with Crippen molar-refractivity contribution in [2.24, 2.45) is 0 Å². The van der Waals surface area contributed by atoms with Gasteiger partial charge >= 0.3 is 0 Å². The highest BCUT2D eigenvalue weighted by atomic mass is 15.2. The van der Waals surface area contributed by atoms with Crippen LogP contribution < -0.4 is 0 Å². The molecule has 0 N–H and O–H groups in total. The second-order valence-electron chi connectivity index (χ2n) is 3.97. The molecule has 1 nitrogen and oxygen atoms in total. The van der Waals surface area contributed by atoms with E-state index in [9.17, 15) is 0 Å². The summed E-state index contributed by atoms with van der Waals surface area (Å²) in [5.74, 6) is 0. The van der Waals surface area contributed by atoms with E-state index in [1.165, 1.54) is 51.6 Å². The van der Waals surface area contributed by atoms with Crippen LogP contribution in [0.1, 0.15) is 52.4 Å². The maximum Gasteiger partial charge on any atom is 0.00956 e. The van der Waals surface area contributed by atoms with Crippen molar-refractivity contribution in [2.75, 3.05) is 13.1 Å². The summed E-state index contributed by atoms with van der Waals surface area (Å²) < 4.78 is 0. The topological polar surface area (TPSA) is 3.24 Å². The van der Waals surface area contributed by atoms with Crippen molar-refractivity contribution >= 4 is 0 Å². The van der Waals surface area contributed by atoms with Crippen LogP contribution in [0, 0.1) is 0 Å². The summed E-state index contributed by atoms with van der Waals surface area (Å²) >= 11 is 0. The minimum absolute atomic E-state index is 0.932. The lowest BCUT2D eigenvalue weighted by Gasteiger charge is -2.23. The minimum atomic E-state index is 0.932. The molecule has 0 amide bonds. The highest BCUT2D eigenvalue weighted by Gasteiger charge is 2.22. The van der Waals surface area contributed by atoms with Gasteiger partial charge in [0.1, 0.15) is 0 Å². The molecule has 1 rings (SSSR count). The van der Waals surface area contributed by atoms with Crippen LogP contribution in [0.4, 0.5) is 0 Å². The molecule has 1 aliphatic heterocycles. The molecule has 1 fully saturated rings. The van der Waals surface area contributed by atoms with E-state index in [2.05, 4.69) is 18.7 Å². The Morgan fingerprint density at radius 3 is 2.75 bits per heavy atom. The Bertz CT molecular complexity index is 112. The fraction of sp³-hybridized carbons (Fsp3) is 1.00. The van der Waals surface area contributed by atoms with Crippen LogP contribution in [-0.2, 0) is 0 Å². The van der Waals surface area contributed by atoms with Crippen LogP contribution in [0.15, 0.2) is 0 Å². The molecule has 1 heterocycles. The molecule has 0 aromatic carbocycles. The standard InChI is InChI=1S/C11H23N/c1-3-5-9-12-10-6-8-11(12)7-4-2/h11H,3-10H2,1-2H3/t11-/m1/s1. The Morgan fingerprint density at radius 1 is 1.25 bits per heavy atom. The van der Waals surface area contributed by atoms with Crippen LogP contribution in [0.25, 0.3) is 0 Å². The lowest BCUT2D eigenvalue weighted by Crippen LogP contribution is -2.30. The predicted molar refractivity (Wildman–Crippen MR) is 54.4 cm³/mol. The lowest BCUT2D eigenvalue weighted by molar-refractivity contribution is 0.238. The Morgan fingerprint density at radius 2 is 2.08 bits per heavy atom. The number of likely N-dealkylation sites (tertiary alicyclic amines) is 1. The van der Waals surface area contributed by atoms with Crippen LogP contribution in [-0.4, -0.2) is 24.0 Å². The number of unbranched alkanes of at least 4 members (excludes halogenated alkanes) is 1. The van der Waals surface area contributed by atoms with E-state index >= 15 is 0 Å². The fourth-order valence-electron chi connectivity index (χ4n) is 2.21. The van der Waals surface area contributed by atoms with Crippen LogP contribution in [0.2, 0.25) is 0 Å². The molecule has 0 unspecified atom stereocenters. The van der Waals surface area contributed by atoms with Gasteiger partial charge in [0.25, 0.3) is 0 Å². The van der Waals surface area contributed by atoms with Crippen molar-refractivity contribution in [3.05, 3.63) is 0 Å². The molecule has 1 aliphatic rings. The van der Waals surface area contributed by atoms with E-state index in [4.69, 9.17) is 0 Å². The third-order valence-corrected chi connectivity index (χ3v) is 2.92. The molecule has 0 aliphatic carbocycles. The van der Waals surface area contributed by atoms with Crippen LogP contribution >= 0.6 is 0 Å². The molecule has 0 aromatic heterocycles. The van der Waals surface area contributed by atoms with Gasteiger partial charge in [0, 0.05) is 6.04 Å². The van der Waals surface area contributed by atoms with Crippen molar-refractivity contribution in [3.8, 4) is 0 Å². The highest BCUT2D eigenvalue weighted by molar-refractivity contribution is 4.78. The molecule has 12 heavy (non-hydrogen) atoms. The summed E-state index contributed by atoms with van der Waals surface area (Å²) in [5, 5.41) is 0. The van der Waals surface area contributed by atoms with Crippen molar-refractivity contribution in [1.82, 2.24) is 4.90 Å². The Balaban J connectivity index is 2.20. The Labute approximate surface area is 77.1 Å². The van der Waals surface area contributed by atoms with Crippen molar-refractivity contribution in [3.63, 3.8) is 0 Å². The zero-order chi connectivity index (χ0) is 8.81. The van der Waals surface area contributed by atoms with Crippen molar-refractivity contribution in [1.29, 1.82) is 0 Å². The van der Waals surface area contributed by atoms with Gasteiger partial charge in [-0.15, -0.1) is 0 Å². The lowest BCUT2D eigenvalue weighted by atomic mass is 10.1. The normalized spacial score (nSPS) is 25.0. The van der Waals surface area contributed by atoms with E-state index < -0.39 is 0 Å². The molecule has 0 saturated carbocycles. The third kappa shape index (κ3) is 2.78. The monoisotopic (exact) mass is 169 g/mol. The molecule has 0 spiro atoms. The summed E-state index contributed by atoms with van der Waals surface area (Å²) in [6.07, 6.45) is 8.40. The zero-order valence-electron chi connectivity index (χ0n) is 8.68. The van der Waals surface area contributed by atoms with Gasteiger partial charge < -0.3 is 4.90 Å². The van der Waals surface area contributed by atoms with Crippen molar-refractivity contribution < 1.29 is 0 Å². The molecule has 1 heteroatoms. The fourth-order valence-corrected chi connectivity index (χ4v) is 2.21. The maximum absolute atomic E-state index is 2.70. The molecule has 0 aromatic rings. The maximum atomic E-state index is 2.70. The average molecular weight is 169 g/mol. The summed E-state index contributed by atoms with van der Waals surface area (Å²) in [6, 6.07) is 0.932. The quantitative estimate of drug-likeness (QED) is 0.611. The highest BCUT2D eigenvalue weighted by Crippen LogP contribution is 2.21. The van der Waals surface area contributed by atoms with E-state index in [1.807, 2.05) is 0 Å². The number of hydrogen-bond acceptors (Lipinski definition) is 1. The van der Waals surface area contributed by atoms with Gasteiger partial charge in [-0.1, -0.05) is 26.7 Å². The molecule has 0 radical (unpaired) electrons. The van der Waals surface area contributed by atoms with Crippen LogP contribution in [0.5, 0.6) is 0 Å². The zero-order valence-corrected chi connectivity index (χ0v) is 8.68. The first-order chi connectivity index (χ1) is 5.88. The first-order valence-electron chi connectivity index (χ1n) is 5.62. The SMILES string of the molecule is CCCCN1CCC[C@H]1CCC. The van der Waals surface area contributed by atoms with Crippen LogP contribution in [0.3, 0.4) is 0 Å². The van der Waals surface area contributed by atoms with Crippen molar-refractivity contribution in [2.45, 2.75) is 58.4 Å². The molecule has 72 valence electrons. The van der Waals surface area contributed by atoms with Gasteiger partial charge in [0.15, 0.2) is 0 Å². The smallest absolute Gasteiger partial charge is 0.00956 e. The number of hydrogen-bond donors (Lipinski definition) is 0. The Kier molecular flexibility index (Phi) is 4.67. The summed E-state index contributed by atoms with van der Waals surface area (Å²) in [6.45, 7) is 7.30. The van der Waals surface area contributed by atoms with E-state index in [1.54, 1.807) is 0 Å². The molecule has 1 atom stereocenters. The van der Waals surface area contributed by atoms with E-state index in [0.29, 0.717) is 0 Å². The van der Waals surface area contributed by atoms with Gasteiger partial charge in [-0.2, -0.15) is 0 Å². The molecular formula is C11H23N.